The van der Waals surface area contributed by atoms with Gasteiger partial charge in [0, 0.05) is 33.5 Å². The number of para-hydroxylation sites is 2. The van der Waals surface area contributed by atoms with Crippen molar-refractivity contribution in [2.75, 3.05) is 9.80 Å². The van der Waals surface area contributed by atoms with Crippen LogP contribution < -0.4 is 9.80 Å². The van der Waals surface area contributed by atoms with Crippen molar-refractivity contribution in [1.82, 2.24) is 0 Å². The molecule has 214 valence electrons. The Labute approximate surface area is 260 Å². The number of benzene rings is 7. The summed E-state index contributed by atoms with van der Waals surface area (Å²) in [6.45, 7) is 4.45. The third-order valence-electron chi connectivity index (χ3n) is 8.51. The zero-order valence-electron chi connectivity index (χ0n) is 25.3. The molecule has 7 rings (SSSR count). The molecule has 0 fully saturated rings. The normalized spacial score (nSPS) is 11.1. The number of hydrogen-bond acceptors (Lipinski definition) is 2. The van der Waals surface area contributed by atoms with E-state index in [-0.39, 0.29) is 0 Å². The van der Waals surface area contributed by atoms with Crippen LogP contribution in [-0.2, 0) is 12.8 Å². The summed E-state index contributed by atoms with van der Waals surface area (Å²) in [7, 11) is 0. The number of aryl methyl sites for hydroxylation is 2. The van der Waals surface area contributed by atoms with Crippen LogP contribution in [0.25, 0.3) is 21.5 Å². The second-order valence-corrected chi connectivity index (χ2v) is 11.2. The minimum atomic E-state index is 0.974. The lowest BCUT2D eigenvalue weighted by atomic mass is 9.95. The molecule has 0 N–H and O–H groups in total. The predicted molar refractivity (Wildman–Crippen MR) is 190 cm³/mol. The van der Waals surface area contributed by atoms with Crippen LogP contribution in [0.5, 0.6) is 0 Å². The number of hydrogen-bond donors (Lipinski definition) is 0. The first-order valence-electron chi connectivity index (χ1n) is 15.6. The van der Waals surface area contributed by atoms with E-state index in [4.69, 9.17) is 0 Å². The van der Waals surface area contributed by atoms with Gasteiger partial charge < -0.3 is 9.80 Å². The molecule has 0 amide bonds. The highest BCUT2D eigenvalue weighted by Gasteiger charge is 2.27. The maximum atomic E-state index is 2.46. The summed E-state index contributed by atoms with van der Waals surface area (Å²) in [6.07, 6.45) is 1.95. The maximum absolute atomic E-state index is 2.46. The molecule has 2 heteroatoms. The smallest absolute Gasteiger partial charge is 0.0788 e. The molecule has 44 heavy (non-hydrogen) atoms. The van der Waals surface area contributed by atoms with E-state index >= 15 is 0 Å². The third-order valence-corrected chi connectivity index (χ3v) is 8.51. The van der Waals surface area contributed by atoms with Gasteiger partial charge in [0.05, 0.1) is 11.4 Å². The first-order chi connectivity index (χ1) is 21.8. The summed E-state index contributed by atoms with van der Waals surface area (Å²) in [6, 6.07) is 57.3. The average Bonchev–Trinajstić information content (AvgIpc) is 3.10. The highest BCUT2D eigenvalue weighted by molar-refractivity contribution is 6.23. The largest absolute Gasteiger partial charge is 0.308 e. The van der Waals surface area contributed by atoms with Gasteiger partial charge in [-0.3, -0.25) is 0 Å². The number of rotatable bonds is 8. The molecule has 0 aromatic heterocycles. The van der Waals surface area contributed by atoms with E-state index in [1.54, 1.807) is 0 Å². The molecule has 2 nitrogen and oxygen atoms in total. The van der Waals surface area contributed by atoms with Crippen molar-refractivity contribution >= 4 is 55.7 Å². The first-order valence-corrected chi connectivity index (χ1v) is 15.6. The Bertz CT molecular complexity index is 1900. The van der Waals surface area contributed by atoms with Crippen LogP contribution >= 0.6 is 0 Å². The molecule has 0 atom stereocenters. The Morgan fingerprint density at radius 2 is 0.682 bits per heavy atom. The fraction of sp³-hybridized carbons (Fsp3) is 0.0952. The van der Waals surface area contributed by atoms with E-state index in [0.717, 1.165) is 47.0 Å². The van der Waals surface area contributed by atoms with Crippen molar-refractivity contribution in [3.05, 3.63) is 169 Å². The molecule has 0 aliphatic heterocycles. The SMILES string of the molecule is CCc1cccc(N(c2ccccc2)c2c(N(c3ccccc3)c3cccc(CC)c3)c3ccccc3c3ccccc23)c1. The third kappa shape index (κ3) is 4.99. The van der Waals surface area contributed by atoms with Gasteiger partial charge >= 0.3 is 0 Å². The highest BCUT2D eigenvalue weighted by atomic mass is 15.2. The van der Waals surface area contributed by atoms with E-state index in [1.165, 1.54) is 32.7 Å². The molecular weight excluding hydrogens is 532 g/mol. The number of fused-ring (bicyclic) bond motifs is 3. The second-order valence-electron chi connectivity index (χ2n) is 11.2. The Morgan fingerprint density at radius 3 is 1.07 bits per heavy atom. The molecule has 0 saturated carbocycles. The maximum Gasteiger partial charge on any atom is 0.0788 e. The van der Waals surface area contributed by atoms with Gasteiger partial charge in [0.1, 0.15) is 0 Å². The molecule has 7 aromatic carbocycles. The van der Waals surface area contributed by atoms with Gasteiger partial charge in [0.15, 0.2) is 0 Å². The lowest BCUT2D eigenvalue weighted by Crippen LogP contribution is -2.18. The van der Waals surface area contributed by atoms with Crippen LogP contribution in [0, 0.1) is 0 Å². The monoisotopic (exact) mass is 568 g/mol. The summed E-state index contributed by atoms with van der Waals surface area (Å²) >= 11 is 0. The summed E-state index contributed by atoms with van der Waals surface area (Å²) < 4.78 is 0. The van der Waals surface area contributed by atoms with Crippen molar-refractivity contribution in [2.45, 2.75) is 26.7 Å². The van der Waals surface area contributed by atoms with Crippen molar-refractivity contribution in [1.29, 1.82) is 0 Å². The second kappa shape index (κ2) is 12.1. The summed E-state index contributed by atoms with van der Waals surface area (Å²) in [5.41, 5.74) is 9.47. The summed E-state index contributed by atoms with van der Waals surface area (Å²) in [5, 5.41) is 4.90. The fourth-order valence-corrected chi connectivity index (χ4v) is 6.36. The Morgan fingerprint density at radius 1 is 0.341 bits per heavy atom. The van der Waals surface area contributed by atoms with Crippen LogP contribution in [-0.4, -0.2) is 0 Å². The van der Waals surface area contributed by atoms with Gasteiger partial charge in [-0.05, 0) is 83.3 Å². The fourth-order valence-electron chi connectivity index (χ4n) is 6.36. The predicted octanol–water partition coefficient (Wildman–Crippen LogP) is 12.1. The van der Waals surface area contributed by atoms with Gasteiger partial charge in [-0.25, -0.2) is 0 Å². The zero-order valence-corrected chi connectivity index (χ0v) is 25.3. The topological polar surface area (TPSA) is 6.48 Å². The van der Waals surface area contributed by atoms with E-state index in [0.29, 0.717) is 0 Å². The molecule has 0 spiro atoms. The average molecular weight is 569 g/mol. The van der Waals surface area contributed by atoms with Gasteiger partial charge in [0.2, 0.25) is 0 Å². The van der Waals surface area contributed by atoms with E-state index < -0.39 is 0 Å². The van der Waals surface area contributed by atoms with Crippen LogP contribution in [0.2, 0.25) is 0 Å². The van der Waals surface area contributed by atoms with Crippen LogP contribution in [0.15, 0.2) is 158 Å². The van der Waals surface area contributed by atoms with Gasteiger partial charge in [-0.1, -0.05) is 123 Å². The zero-order chi connectivity index (χ0) is 29.9. The van der Waals surface area contributed by atoms with Crippen molar-refractivity contribution < 1.29 is 0 Å². The van der Waals surface area contributed by atoms with Gasteiger partial charge in [-0.15, -0.1) is 0 Å². The Kier molecular flexibility index (Phi) is 7.56. The Balaban J connectivity index is 1.68. The summed E-state index contributed by atoms with van der Waals surface area (Å²) in [4.78, 5) is 4.92. The first kappa shape index (κ1) is 27.5. The minimum absolute atomic E-state index is 0.974. The van der Waals surface area contributed by atoms with E-state index in [1.807, 2.05) is 0 Å². The number of anilines is 6. The lowest BCUT2D eigenvalue weighted by Gasteiger charge is -2.35. The van der Waals surface area contributed by atoms with Crippen molar-refractivity contribution in [3.63, 3.8) is 0 Å². The molecular formula is C42H36N2. The minimum Gasteiger partial charge on any atom is -0.308 e. The van der Waals surface area contributed by atoms with Crippen molar-refractivity contribution in [2.24, 2.45) is 0 Å². The molecule has 0 aliphatic carbocycles. The van der Waals surface area contributed by atoms with Crippen LogP contribution in [0.4, 0.5) is 34.1 Å². The van der Waals surface area contributed by atoms with Crippen molar-refractivity contribution in [3.8, 4) is 0 Å². The van der Waals surface area contributed by atoms with E-state index in [9.17, 15) is 0 Å². The van der Waals surface area contributed by atoms with Gasteiger partial charge in [-0.2, -0.15) is 0 Å². The molecule has 0 heterocycles. The lowest BCUT2D eigenvalue weighted by molar-refractivity contribution is 1.13. The van der Waals surface area contributed by atoms with Gasteiger partial charge in [0.25, 0.3) is 0 Å². The molecule has 0 bridgehead atoms. The molecule has 0 unspecified atom stereocenters. The molecule has 0 saturated heterocycles. The van der Waals surface area contributed by atoms with Crippen LogP contribution in [0.3, 0.4) is 0 Å². The highest BCUT2D eigenvalue weighted by Crippen LogP contribution is 2.53. The summed E-state index contributed by atoms with van der Waals surface area (Å²) in [5.74, 6) is 0. The standard InChI is InChI=1S/C42H36N2/c1-3-31-17-15-23-35(29-31)43(33-19-7-5-8-20-33)41-39-27-13-11-25-37(39)38-26-12-14-28-40(38)42(41)44(34-21-9-6-10-22-34)36-24-16-18-32(4-2)30-36/h5-30H,3-4H2,1-2H3. The molecule has 0 radical (unpaired) electrons. The molecule has 0 aliphatic rings. The van der Waals surface area contributed by atoms with E-state index in [2.05, 4.69) is 181 Å². The quantitative estimate of drug-likeness (QED) is 0.133. The number of nitrogens with zero attached hydrogens (tertiary/aromatic N) is 2. The van der Waals surface area contributed by atoms with Crippen LogP contribution in [0.1, 0.15) is 25.0 Å². The molecule has 7 aromatic rings. The Hall–Kier alpha value is -5.34.